The number of ketones is 1. The first-order valence-corrected chi connectivity index (χ1v) is 5.54. The van der Waals surface area contributed by atoms with Crippen LogP contribution in [0.1, 0.15) is 29.3 Å². The third-order valence-corrected chi connectivity index (χ3v) is 2.25. The Kier molecular flexibility index (Phi) is 5.33. The number of benzene rings is 1. The van der Waals surface area contributed by atoms with Crippen molar-refractivity contribution in [2.45, 2.75) is 13.3 Å². The Morgan fingerprint density at radius 3 is 2.56 bits per heavy atom. The highest BCUT2D eigenvalue weighted by Gasteiger charge is 2.03. The zero-order valence-electron chi connectivity index (χ0n) is 10.1. The number of carbonyl (C=O) groups is 2. The monoisotopic (exact) mass is 242 g/mol. The van der Waals surface area contributed by atoms with Crippen LogP contribution in [0, 0.1) is 11.3 Å². The van der Waals surface area contributed by atoms with Crippen molar-refractivity contribution in [3.8, 4) is 6.07 Å². The van der Waals surface area contributed by atoms with Gasteiger partial charge >= 0.3 is 0 Å². The van der Waals surface area contributed by atoms with Gasteiger partial charge in [0.05, 0.1) is 12.5 Å². The van der Waals surface area contributed by atoms with E-state index in [1.807, 2.05) is 18.2 Å². The molecule has 4 heteroatoms. The Morgan fingerprint density at radius 2 is 2.00 bits per heavy atom. The Labute approximate surface area is 106 Å². The fourth-order valence-corrected chi connectivity index (χ4v) is 1.35. The molecule has 18 heavy (non-hydrogen) atoms. The molecule has 1 rings (SSSR count). The van der Waals surface area contributed by atoms with E-state index in [1.165, 1.54) is 6.92 Å². The second-order valence-electron chi connectivity index (χ2n) is 3.72. The van der Waals surface area contributed by atoms with Gasteiger partial charge in [0.2, 0.25) is 5.91 Å². The molecule has 0 aliphatic carbocycles. The molecule has 1 amide bonds. The van der Waals surface area contributed by atoms with E-state index in [9.17, 15) is 9.59 Å². The Bertz CT molecular complexity index is 496. The lowest BCUT2D eigenvalue weighted by Crippen LogP contribution is -2.19. The number of carbonyl (C=O) groups excluding carboxylic acids is 2. The highest BCUT2D eigenvalue weighted by molar-refractivity contribution is 5.97. The summed E-state index contributed by atoms with van der Waals surface area (Å²) in [6.45, 7) is 1.94. The van der Waals surface area contributed by atoms with E-state index < -0.39 is 0 Å². The minimum absolute atomic E-state index is 0.0721. The Hall–Kier alpha value is -2.41. The van der Waals surface area contributed by atoms with E-state index >= 15 is 0 Å². The van der Waals surface area contributed by atoms with E-state index in [0.717, 1.165) is 5.56 Å². The second kappa shape index (κ2) is 7.02. The average molecular weight is 242 g/mol. The van der Waals surface area contributed by atoms with Crippen molar-refractivity contribution >= 4 is 17.8 Å². The van der Waals surface area contributed by atoms with Crippen molar-refractivity contribution in [3.05, 3.63) is 41.5 Å². The molecule has 0 aromatic heterocycles. The first kappa shape index (κ1) is 13.7. The molecule has 4 nitrogen and oxygen atoms in total. The van der Waals surface area contributed by atoms with Crippen molar-refractivity contribution in [1.29, 1.82) is 5.26 Å². The number of Topliss-reactive ketones (excluding diaryl/α,β-unsaturated/α-hetero) is 1. The van der Waals surface area contributed by atoms with Crippen LogP contribution in [0.4, 0.5) is 0 Å². The maximum absolute atomic E-state index is 11.4. The smallest absolute Gasteiger partial charge is 0.217 e. The van der Waals surface area contributed by atoms with Crippen molar-refractivity contribution in [3.63, 3.8) is 0 Å². The standard InChI is InChI=1S/C14H14N2O2/c1-11(17)16-10-2-3-12-4-6-13(7-5-12)14(18)8-9-15/h2-7H,8,10H2,1H3,(H,16,17). The third kappa shape index (κ3) is 4.62. The zero-order valence-corrected chi connectivity index (χ0v) is 10.1. The Morgan fingerprint density at radius 1 is 1.33 bits per heavy atom. The highest BCUT2D eigenvalue weighted by atomic mass is 16.1. The molecule has 0 aliphatic heterocycles. The van der Waals surface area contributed by atoms with Gasteiger partial charge in [0.1, 0.15) is 0 Å². The minimum Gasteiger partial charge on any atom is -0.353 e. The van der Waals surface area contributed by atoms with E-state index in [4.69, 9.17) is 5.26 Å². The molecule has 1 aromatic rings. The predicted octanol–water partition coefficient (Wildman–Crippen LogP) is 1.93. The van der Waals surface area contributed by atoms with Gasteiger partial charge in [0.15, 0.2) is 5.78 Å². The molecule has 0 fully saturated rings. The lowest BCUT2D eigenvalue weighted by molar-refractivity contribution is -0.118. The molecule has 0 unspecified atom stereocenters. The molecule has 0 saturated carbocycles. The SMILES string of the molecule is CC(=O)NCC=Cc1ccc(C(=O)CC#N)cc1. The molecule has 0 aliphatic rings. The van der Waals surface area contributed by atoms with Crippen LogP contribution in [0.5, 0.6) is 0 Å². The first-order chi connectivity index (χ1) is 8.63. The topological polar surface area (TPSA) is 70.0 Å². The van der Waals surface area contributed by atoms with Crippen molar-refractivity contribution in [2.75, 3.05) is 6.54 Å². The van der Waals surface area contributed by atoms with Gasteiger partial charge < -0.3 is 5.32 Å². The molecular weight excluding hydrogens is 228 g/mol. The van der Waals surface area contributed by atoms with Crippen molar-refractivity contribution in [2.24, 2.45) is 0 Å². The summed E-state index contributed by atoms with van der Waals surface area (Å²) in [5, 5.41) is 11.1. The number of hydrogen-bond acceptors (Lipinski definition) is 3. The molecule has 1 N–H and O–H groups in total. The van der Waals surface area contributed by atoms with Crippen molar-refractivity contribution < 1.29 is 9.59 Å². The number of nitrogens with one attached hydrogen (secondary N) is 1. The zero-order chi connectivity index (χ0) is 13.4. The second-order valence-corrected chi connectivity index (χ2v) is 3.72. The molecule has 0 spiro atoms. The largest absolute Gasteiger partial charge is 0.353 e. The normalized spacial score (nSPS) is 10.0. The van der Waals surface area contributed by atoms with Crippen LogP contribution in [-0.2, 0) is 4.79 Å². The van der Waals surface area contributed by atoms with Crippen LogP contribution >= 0.6 is 0 Å². The number of nitrogens with zero attached hydrogens (tertiary/aromatic N) is 1. The van der Waals surface area contributed by atoms with E-state index in [0.29, 0.717) is 12.1 Å². The third-order valence-electron chi connectivity index (χ3n) is 2.25. The predicted molar refractivity (Wildman–Crippen MR) is 68.7 cm³/mol. The molecule has 0 bridgehead atoms. The van der Waals surface area contributed by atoms with E-state index in [-0.39, 0.29) is 18.1 Å². The maximum atomic E-state index is 11.4. The molecule has 0 heterocycles. The van der Waals surface area contributed by atoms with E-state index in [2.05, 4.69) is 5.32 Å². The van der Waals surface area contributed by atoms with E-state index in [1.54, 1.807) is 24.3 Å². The molecule has 0 radical (unpaired) electrons. The number of nitriles is 1. The number of rotatable bonds is 5. The van der Waals surface area contributed by atoms with Crippen LogP contribution in [-0.4, -0.2) is 18.2 Å². The number of hydrogen-bond donors (Lipinski definition) is 1. The summed E-state index contributed by atoms with van der Waals surface area (Å²) in [5.74, 6) is -0.247. The minimum atomic E-state index is -0.175. The molecule has 0 atom stereocenters. The fraction of sp³-hybridized carbons (Fsp3) is 0.214. The van der Waals surface area contributed by atoms with Crippen molar-refractivity contribution in [1.82, 2.24) is 5.32 Å². The van der Waals surface area contributed by atoms with Crippen LogP contribution in [0.15, 0.2) is 30.3 Å². The lowest BCUT2D eigenvalue weighted by Gasteiger charge is -1.98. The Balaban J connectivity index is 2.58. The lowest BCUT2D eigenvalue weighted by atomic mass is 10.1. The summed E-state index contributed by atoms with van der Waals surface area (Å²) in [5.41, 5.74) is 1.48. The highest BCUT2D eigenvalue weighted by Crippen LogP contribution is 2.08. The van der Waals surface area contributed by atoms with Crippen LogP contribution in [0.2, 0.25) is 0 Å². The van der Waals surface area contributed by atoms with Gasteiger partial charge in [-0.25, -0.2) is 0 Å². The summed E-state index contributed by atoms with van der Waals surface area (Å²) in [6, 6.07) is 8.81. The van der Waals surface area contributed by atoms with Gasteiger partial charge in [-0.2, -0.15) is 5.26 Å². The molecule has 1 aromatic carbocycles. The molecule has 92 valence electrons. The van der Waals surface area contributed by atoms with Gasteiger partial charge in [-0.05, 0) is 5.56 Å². The molecule has 0 saturated heterocycles. The summed E-state index contributed by atoms with van der Waals surface area (Å²) in [6.07, 6.45) is 3.58. The first-order valence-electron chi connectivity index (χ1n) is 5.54. The van der Waals surface area contributed by atoms with Gasteiger partial charge in [-0.3, -0.25) is 9.59 Å². The summed E-state index contributed by atoms with van der Waals surface area (Å²) in [7, 11) is 0. The van der Waals surface area contributed by atoms with Crippen LogP contribution in [0.25, 0.3) is 6.08 Å². The maximum Gasteiger partial charge on any atom is 0.217 e. The van der Waals surface area contributed by atoms with Crippen LogP contribution < -0.4 is 5.32 Å². The number of amides is 1. The van der Waals surface area contributed by atoms with Gasteiger partial charge in [-0.15, -0.1) is 0 Å². The average Bonchev–Trinajstić information content (AvgIpc) is 2.35. The summed E-state index contributed by atoms with van der Waals surface area (Å²) in [4.78, 5) is 22.0. The van der Waals surface area contributed by atoms with Gasteiger partial charge in [0.25, 0.3) is 0 Å². The summed E-state index contributed by atoms with van der Waals surface area (Å²) >= 11 is 0. The summed E-state index contributed by atoms with van der Waals surface area (Å²) < 4.78 is 0. The van der Waals surface area contributed by atoms with Gasteiger partial charge in [-0.1, -0.05) is 36.4 Å². The molecular formula is C14H14N2O2. The van der Waals surface area contributed by atoms with Crippen LogP contribution in [0.3, 0.4) is 0 Å². The fourth-order valence-electron chi connectivity index (χ4n) is 1.35. The quantitative estimate of drug-likeness (QED) is 0.802. The van der Waals surface area contributed by atoms with Gasteiger partial charge in [0, 0.05) is 19.0 Å².